The van der Waals surface area contributed by atoms with Gasteiger partial charge in [-0.2, -0.15) is 9.97 Å². The molecule has 0 unspecified atom stereocenters. The number of benzene rings is 1. The Balaban J connectivity index is 1.92. The number of aromatic nitrogens is 3. The first-order valence-electron chi connectivity index (χ1n) is 8.19. The molecule has 0 bridgehead atoms. The van der Waals surface area contributed by atoms with Gasteiger partial charge in [0, 0.05) is 30.5 Å². The molecule has 1 amide bonds. The fourth-order valence-corrected chi connectivity index (χ4v) is 2.60. The molecular weight excluding hydrogens is 316 g/mol. The lowest BCUT2D eigenvalue weighted by molar-refractivity contribution is 0.0963. The largest absolute Gasteiger partial charge is 0.367 e. The summed E-state index contributed by atoms with van der Waals surface area (Å²) in [5.41, 5.74) is 3.29. The van der Waals surface area contributed by atoms with Gasteiger partial charge in [0.2, 0.25) is 5.95 Å². The van der Waals surface area contributed by atoms with E-state index in [-0.39, 0.29) is 11.9 Å². The SMILES string of the molecule is CNC(=O)c1ccc(Nc2nc(NC(C)C)c3c(C)c[nH]c3n2)cc1. The fraction of sp³-hybridized carbons (Fsp3) is 0.278. The lowest BCUT2D eigenvalue weighted by Gasteiger charge is -2.13. The van der Waals surface area contributed by atoms with Crippen molar-refractivity contribution in [2.45, 2.75) is 26.8 Å². The molecule has 7 heteroatoms. The van der Waals surface area contributed by atoms with Crippen molar-refractivity contribution in [3.63, 3.8) is 0 Å². The molecule has 0 atom stereocenters. The topological polar surface area (TPSA) is 94.7 Å². The van der Waals surface area contributed by atoms with Gasteiger partial charge >= 0.3 is 0 Å². The quantitative estimate of drug-likeness (QED) is 0.573. The Kier molecular flexibility index (Phi) is 4.56. The summed E-state index contributed by atoms with van der Waals surface area (Å²) in [5.74, 6) is 1.17. The van der Waals surface area contributed by atoms with Crippen LogP contribution in [0.15, 0.2) is 30.5 Å². The minimum atomic E-state index is -0.116. The van der Waals surface area contributed by atoms with Crippen molar-refractivity contribution < 1.29 is 4.79 Å². The highest BCUT2D eigenvalue weighted by Gasteiger charge is 2.13. The molecule has 0 aliphatic rings. The zero-order chi connectivity index (χ0) is 18.0. The van der Waals surface area contributed by atoms with Crippen molar-refractivity contribution in [2.75, 3.05) is 17.7 Å². The molecule has 0 radical (unpaired) electrons. The number of H-pyrrole nitrogens is 1. The number of aromatic amines is 1. The van der Waals surface area contributed by atoms with Crippen LogP contribution in [0.25, 0.3) is 11.0 Å². The van der Waals surface area contributed by atoms with Crippen molar-refractivity contribution in [2.24, 2.45) is 0 Å². The summed E-state index contributed by atoms with van der Waals surface area (Å²) >= 11 is 0. The molecule has 0 saturated heterocycles. The molecule has 130 valence electrons. The van der Waals surface area contributed by atoms with Gasteiger partial charge in [-0.05, 0) is 50.6 Å². The van der Waals surface area contributed by atoms with Gasteiger partial charge in [-0.15, -0.1) is 0 Å². The molecule has 0 fully saturated rings. The van der Waals surface area contributed by atoms with Crippen molar-refractivity contribution >= 4 is 34.4 Å². The zero-order valence-corrected chi connectivity index (χ0v) is 14.8. The van der Waals surface area contributed by atoms with E-state index in [0.717, 1.165) is 28.1 Å². The first-order chi connectivity index (χ1) is 12.0. The van der Waals surface area contributed by atoms with Gasteiger partial charge in [-0.1, -0.05) is 0 Å². The first-order valence-corrected chi connectivity index (χ1v) is 8.19. The van der Waals surface area contributed by atoms with Gasteiger partial charge in [-0.25, -0.2) is 0 Å². The highest BCUT2D eigenvalue weighted by atomic mass is 16.1. The lowest BCUT2D eigenvalue weighted by Crippen LogP contribution is -2.17. The van der Waals surface area contributed by atoms with Crippen LogP contribution in [-0.2, 0) is 0 Å². The monoisotopic (exact) mass is 338 g/mol. The summed E-state index contributed by atoms with van der Waals surface area (Å²) in [6.45, 7) is 6.17. The van der Waals surface area contributed by atoms with E-state index in [9.17, 15) is 4.79 Å². The normalized spacial score (nSPS) is 10.9. The van der Waals surface area contributed by atoms with Crippen LogP contribution >= 0.6 is 0 Å². The molecule has 0 saturated carbocycles. The third-order valence-electron chi connectivity index (χ3n) is 3.78. The number of hydrogen-bond acceptors (Lipinski definition) is 5. The average Bonchev–Trinajstić information content (AvgIpc) is 2.95. The fourth-order valence-electron chi connectivity index (χ4n) is 2.60. The van der Waals surface area contributed by atoms with E-state index in [4.69, 9.17) is 0 Å². The maximum absolute atomic E-state index is 11.6. The lowest BCUT2D eigenvalue weighted by atomic mass is 10.2. The highest BCUT2D eigenvalue weighted by molar-refractivity contribution is 5.94. The molecule has 3 rings (SSSR count). The Labute approximate surface area is 146 Å². The number of nitrogens with one attached hydrogen (secondary N) is 4. The van der Waals surface area contributed by atoms with E-state index in [1.165, 1.54) is 0 Å². The predicted octanol–water partition coefficient (Wildman–Crippen LogP) is 3.19. The number of rotatable bonds is 5. The maximum Gasteiger partial charge on any atom is 0.251 e. The van der Waals surface area contributed by atoms with Crippen molar-refractivity contribution in [3.05, 3.63) is 41.6 Å². The van der Waals surface area contributed by atoms with E-state index in [0.29, 0.717) is 11.5 Å². The number of nitrogens with zero attached hydrogens (tertiary/aromatic N) is 2. The summed E-state index contributed by atoms with van der Waals surface area (Å²) in [6.07, 6.45) is 1.92. The van der Waals surface area contributed by atoms with Crippen LogP contribution in [-0.4, -0.2) is 33.9 Å². The number of amides is 1. The minimum absolute atomic E-state index is 0.116. The summed E-state index contributed by atoms with van der Waals surface area (Å²) in [4.78, 5) is 23.9. The molecular formula is C18H22N6O. The van der Waals surface area contributed by atoms with Gasteiger partial charge < -0.3 is 20.9 Å². The van der Waals surface area contributed by atoms with E-state index < -0.39 is 0 Å². The molecule has 3 aromatic rings. The molecule has 2 heterocycles. The number of aryl methyl sites for hydroxylation is 1. The molecule has 25 heavy (non-hydrogen) atoms. The number of hydrogen-bond donors (Lipinski definition) is 4. The molecule has 0 aliphatic carbocycles. The standard InChI is InChI=1S/C18H22N6O/c1-10(2)21-16-14-11(3)9-20-15(14)23-18(24-16)22-13-7-5-12(6-8-13)17(25)19-4/h5-10H,1-4H3,(H,19,25)(H3,20,21,22,23,24). The molecule has 7 nitrogen and oxygen atoms in total. The number of anilines is 3. The second-order valence-corrected chi connectivity index (χ2v) is 6.17. The van der Waals surface area contributed by atoms with Crippen molar-refractivity contribution in [3.8, 4) is 0 Å². The van der Waals surface area contributed by atoms with Crippen LogP contribution < -0.4 is 16.0 Å². The van der Waals surface area contributed by atoms with E-state index in [1.54, 1.807) is 19.2 Å². The van der Waals surface area contributed by atoms with Gasteiger partial charge in [-0.3, -0.25) is 4.79 Å². The second-order valence-electron chi connectivity index (χ2n) is 6.17. The van der Waals surface area contributed by atoms with Crippen molar-refractivity contribution in [1.29, 1.82) is 0 Å². The third kappa shape index (κ3) is 3.55. The molecule has 0 spiro atoms. The number of fused-ring (bicyclic) bond motifs is 1. The Morgan fingerprint density at radius 3 is 2.52 bits per heavy atom. The predicted molar refractivity (Wildman–Crippen MR) is 100 cm³/mol. The van der Waals surface area contributed by atoms with Crippen LogP contribution in [0, 0.1) is 6.92 Å². The Morgan fingerprint density at radius 2 is 1.88 bits per heavy atom. The Hall–Kier alpha value is -3.09. The summed E-state index contributed by atoms with van der Waals surface area (Å²) in [7, 11) is 1.61. The number of carbonyl (C=O) groups excluding carboxylic acids is 1. The Morgan fingerprint density at radius 1 is 1.16 bits per heavy atom. The summed E-state index contributed by atoms with van der Waals surface area (Å²) < 4.78 is 0. The molecule has 0 aliphatic heterocycles. The van der Waals surface area contributed by atoms with E-state index >= 15 is 0 Å². The van der Waals surface area contributed by atoms with Gasteiger partial charge in [0.15, 0.2) is 0 Å². The van der Waals surface area contributed by atoms with E-state index in [2.05, 4.69) is 44.7 Å². The summed E-state index contributed by atoms with van der Waals surface area (Å²) in [5, 5.41) is 10.2. The second kappa shape index (κ2) is 6.80. The average molecular weight is 338 g/mol. The summed E-state index contributed by atoms with van der Waals surface area (Å²) in [6, 6.07) is 7.42. The van der Waals surface area contributed by atoms with Crippen molar-refractivity contribution in [1.82, 2.24) is 20.3 Å². The third-order valence-corrected chi connectivity index (χ3v) is 3.78. The van der Waals surface area contributed by atoms with Crippen LogP contribution in [0.1, 0.15) is 29.8 Å². The smallest absolute Gasteiger partial charge is 0.251 e. The van der Waals surface area contributed by atoms with Gasteiger partial charge in [0.1, 0.15) is 11.5 Å². The molecule has 4 N–H and O–H groups in total. The Bertz CT molecular complexity index is 898. The molecule has 2 aromatic heterocycles. The minimum Gasteiger partial charge on any atom is -0.367 e. The van der Waals surface area contributed by atoms with Gasteiger partial charge in [0.25, 0.3) is 5.91 Å². The van der Waals surface area contributed by atoms with Crippen LogP contribution in [0.4, 0.5) is 17.5 Å². The highest BCUT2D eigenvalue weighted by Crippen LogP contribution is 2.26. The van der Waals surface area contributed by atoms with Gasteiger partial charge in [0.05, 0.1) is 5.39 Å². The first kappa shape index (κ1) is 16.8. The molecule has 1 aromatic carbocycles. The van der Waals surface area contributed by atoms with E-state index in [1.807, 2.05) is 25.3 Å². The zero-order valence-electron chi connectivity index (χ0n) is 14.8. The maximum atomic E-state index is 11.6. The number of carbonyl (C=O) groups is 1. The van der Waals surface area contributed by atoms with Crippen LogP contribution in [0.3, 0.4) is 0 Å². The van der Waals surface area contributed by atoms with Crippen LogP contribution in [0.5, 0.6) is 0 Å². The van der Waals surface area contributed by atoms with Crippen LogP contribution in [0.2, 0.25) is 0 Å².